The number of aromatic hydroxyl groups is 1. The van der Waals surface area contributed by atoms with Crippen LogP contribution in [0, 0.1) is 0 Å². The first-order chi connectivity index (χ1) is 12.7. The fraction of sp³-hybridized carbons (Fsp3) is 0.0455. The highest BCUT2D eigenvalue weighted by atomic mass is 16.5. The van der Waals surface area contributed by atoms with E-state index in [9.17, 15) is 9.90 Å². The molecule has 128 valence electrons. The van der Waals surface area contributed by atoms with E-state index < -0.39 is 5.43 Å². The summed E-state index contributed by atoms with van der Waals surface area (Å²) >= 11 is 0. The Morgan fingerprint density at radius 3 is 2.31 bits per heavy atom. The molecule has 0 saturated heterocycles. The molecule has 0 spiro atoms. The molecule has 0 fully saturated rings. The Balaban J connectivity index is 1.73. The first kappa shape index (κ1) is 16.0. The van der Waals surface area contributed by atoms with E-state index in [4.69, 9.17) is 9.15 Å². The Morgan fingerprint density at radius 1 is 0.885 bits per heavy atom. The summed E-state index contributed by atoms with van der Waals surface area (Å²) in [6.45, 7) is 0.417. The molecule has 0 unspecified atom stereocenters. The smallest absolute Gasteiger partial charge is 0.235 e. The molecule has 26 heavy (non-hydrogen) atoms. The number of fused-ring (bicyclic) bond motifs is 1. The molecule has 0 atom stereocenters. The normalized spacial score (nSPS) is 10.8. The first-order valence-electron chi connectivity index (χ1n) is 8.24. The van der Waals surface area contributed by atoms with Crippen LogP contribution in [0.15, 0.2) is 88.1 Å². The molecule has 0 aliphatic carbocycles. The summed E-state index contributed by atoms with van der Waals surface area (Å²) in [6.07, 6.45) is 0. The van der Waals surface area contributed by atoms with Crippen molar-refractivity contribution in [3.8, 4) is 22.8 Å². The van der Waals surface area contributed by atoms with Gasteiger partial charge in [0.15, 0.2) is 5.76 Å². The molecule has 4 rings (SSSR count). The maximum atomic E-state index is 12.5. The van der Waals surface area contributed by atoms with Gasteiger partial charge in [-0.15, -0.1) is 0 Å². The van der Waals surface area contributed by atoms with Crippen LogP contribution in [-0.2, 0) is 6.61 Å². The van der Waals surface area contributed by atoms with E-state index in [0.29, 0.717) is 28.9 Å². The van der Waals surface area contributed by atoms with Crippen molar-refractivity contribution in [1.82, 2.24) is 0 Å². The molecule has 3 aromatic carbocycles. The van der Waals surface area contributed by atoms with Gasteiger partial charge in [0.25, 0.3) is 0 Å². The Labute approximate surface area is 149 Å². The van der Waals surface area contributed by atoms with Crippen LogP contribution in [0.2, 0.25) is 0 Å². The summed E-state index contributed by atoms with van der Waals surface area (Å²) in [5, 5.41) is 10.5. The first-order valence-corrected chi connectivity index (χ1v) is 8.24. The Hall–Kier alpha value is -3.53. The average Bonchev–Trinajstić information content (AvgIpc) is 2.70. The van der Waals surface area contributed by atoms with Gasteiger partial charge in [-0.25, -0.2) is 0 Å². The molecular formula is C22H16O4. The van der Waals surface area contributed by atoms with Gasteiger partial charge >= 0.3 is 0 Å². The Kier molecular flexibility index (Phi) is 4.15. The van der Waals surface area contributed by atoms with Crippen molar-refractivity contribution in [1.29, 1.82) is 0 Å². The SMILES string of the molecule is O=c1c(O)c(-c2ccccc2)oc2cc(OCc3ccccc3)ccc12. The van der Waals surface area contributed by atoms with Crippen LogP contribution in [-0.4, -0.2) is 5.11 Å². The second-order valence-electron chi connectivity index (χ2n) is 5.91. The van der Waals surface area contributed by atoms with E-state index in [2.05, 4.69) is 0 Å². The molecule has 0 aliphatic heterocycles. The number of hydrogen-bond donors (Lipinski definition) is 1. The van der Waals surface area contributed by atoms with Crippen molar-refractivity contribution in [2.45, 2.75) is 6.61 Å². The van der Waals surface area contributed by atoms with Gasteiger partial charge in [0.05, 0.1) is 5.39 Å². The highest BCUT2D eigenvalue weighted by Crippen LogP contribution is 2.31. The van der Waals surface area contributed by atoms with Crippen LogP contribution in [0.1, 0.15) is 5.56 Å². The van der Waals surface area contributed by atoms with Gasteiger partial charge in [0, 0.05) is 11.6 Å². The van der Waals surface area contributed by atoms with Crippen molar-refractivity contribution >= 4 is 11.0 Å². The predicted molar refractivity (Wildman–Crippen MR) is 100 cm³/mol. The molecule has 1 heterocycles. The molecule has 0 radical (unpaired) electrons. The summed E-state index contributed by atoms with van der Waals surface area (Å²) in [7, 11) is 0. The van der Waals surface area contributed by atoms with Crippen LogP contribution in [0.4, 0.5) is 0 Å². The minimum atomic E-state index is -0.459. The van der Waals surface area contributed by atoms with Crippen LogP contribution < -0.4 is 10.2 Å². The van der Waals surface area contributed by atoms with E-state index in [1.807, 2.05) is 48.5 Å². The van der Waals surface area contributed by atoms with E-state index in [-0.39, 0.29) is 11.5 Å². The van der Waals surface area contributed by atoms with Crippen molar-refractivity contribution in [2.75, 3.05) is 0 Å². The lowest BCUT2D eigenvalue weighted by Gasteiger charge is -2.09. The van der Waals surface area contributed by atoms with Crippen molar-refractivity contribution in [2.24, 2.45) is 0 Å². The molecule has 1 aromatic heterocycles. The van der Waals surface area contributed by atoms with Gasteiger partial charge in [0.2, 0.25) is 11.2 Å². The molecule has 0 bridgehead atoms. The van der Waals surface area contributed by atoms with Crippen LogP contribution in [0.25, 0.3) is 22.3 Å². The third-order valence-electron chi connectivity index (χ3n) is 4.12. The molecule has 4 heteroatoms. The van der Waals surface area contributed by atoms with Gasteiger partial charge in [-0.05, 0) is 17.7 Å². The lowest BCUT2D eigenvalue weighted by atomic mass is 10.1. The van der Waals surface area contributed by atoms with Gasteiger partial charge in [-0.2, -0.15) is 0 Å². The molecule has 4 nitrogen and oxygen atoms in total. The zero-order valence-electron chi connectivity index (χ0n) is 13.9. The van der Waals surface area contributed by atoms with Crippen molar-refractivity contribution < 1.29 is 14.3 Å². The topological polar surface area (TPSA) is 59.7 Å². The number of hydrogen-bond acceptors (Lipinski definition) is 4. The lowest BCUT2D eigenvalue weighted by Crippen LogP contribution is -2.03. The minimum absolute atomic E-state index is 0.156. The molecule has 4 aromatic rings. The standard InChI is InChI=1S/C22H16O4/c23-20-18-12-11-17(25-14-15-7-3-1-4-8-15)13-19(18)26-22(21(20)24)16-9-5-2-6-10-16/h1-13,24H,14H2. The minimum Gasteiger partial charge on any atom is -0.502 e. The Bertz CT molecular complexity index is 1100. The summed E-state index contributed by atoms with van der Waals surface area (Å²) in [5.74, 6) is 0.360. The van der Waals surface area contributed by atoms with Gasteiger partial charge in [-0.3, -0.25) is 4.79 Å². The van der Waals surface area contributed by atoms with E-state index in [0.717, 1.165) is 5.56 Å². The maximum absolute atomic E-state index is 12.5. The average molecular weight is 344 g/mol. The third kappa shape index (κ3) is 3.05. The quantitative estimate of drug-likeness (QED) is 0.581. The van der Waals surface area contributed by atoms with Crippen LogP contribution >= 0.6 is 0 Å². The number of rotatable bonds is 4. The maximum Gasteiger partial charge on any atom is 0.235 e. The number of benzene rings is 3. The second-order valence-corrected chi connectivity index (χ2v) is 5.91. The zero-order chi connectivity index (χ0) is 17.9. The molecule has 0 aliphatic rings. The van der Waals surface area contributed by atoms with E-state index in [1.165, 1.54) is 0 Å². The summed E-state index contributed by atoms with van der Waals surface area (Å²) in [4.78, 5) is 12.5. The summed E-state index contributed by atoms with van der Waals surface area (Å²) in [5.41, 5.74) is 1.60. The van der Waals surface area contributed by atoms with Crippen LogP contribution in [0.5, 0.6) is 11.5 Å². The number of ether oxygens (including phenoxy) is 1. The molecule has 0 amide bonds. The fourth-order valence-electron chi connectivity index (χ4n) is 2.78. The van der Waals surface area contributed by atoms with Gasteiger partial charge in [0.1, 0.15) is 17.9 Å². The van der Waals surface area contributed by atoms with Gasteiger partial charge in [-0.1, -0.05) is 60.7 Å². The summed E-state index contributed by atoms with van der Waals surface area (Å²) < 4.78 is 11.6. The highest BCUT2D eigenvalue weighted by molar-refractivity contribution is 5.82. The summed E-state index contributed by atoms with van der Waals surface area (Å²) in [6, 6.07) is 23.8. The lowest BCUT2D eigenvalue weighted by molar-refractivity contribution is 0.306. The van der Waals surface area contributed by atoms with Gasteiger partial charge < -0.3 is 14.3 Å². The Morgan fingerprint density at radius 2 is 1.58 bits per heavy atom. The molecule has 1 N–H and O–H groups in total. The highest BCUT2D eigenvalue weighted by Gasteiger charge is 2.15. The van der Waals surface area contributed by atoms with Crippen molar-refractivity contribution in [3.63, 3.8) is 0 Å². The van der Waals surface area contributed by atoms with Crippen LogP contribution in [0.3, 0.4) is 0 Å². The van der Waals surface area contributed by atoms with Crippen molar-refractivity contribution in [3.05, 3.63) is 94.6 Å². The molecular weight excluding hydrogens is 328 g/mol. The monoisotopic (exact) mass is 344 g/mol. The van der Waals surface area contributed by atoms with E-state index >= 15 is 0 Å². The predicted octanol–water partition coefficient (Wildman–Crippen LogP) is 4.74. The largest absolute Gasteiger partial charge is 0.502 e. The molecule has 0 saturated carbocycles. The van der Waals surface area contributed by atoms with E-state index in [1.54, 1.807) is 30.3 Å². The third-order valence-corrected chi connectivity index (χ3v) is 4.12. The fourth-order valence-corrected chi connectivity index (χ4v) is 2.78. The second kappa shape index (κ2) is 6.76. The zero-order valence-corrected chi connectivity index (χ0v) is 13.9.